The first-order valence-electron chi connectivity index (χ1n) is 5.04. The second kappa shape index (κ2) is 5.02. The molecule has 88 valence electrons. The number of hydrogen-bond acceptors (Lipinski definition) is 2. The van der Waals surface area contributed by atoms with Gasteiger partial charge < -0.3 is 0 Å². The molecule has 3 nitrogen and oxygen atoms in total. The van der Waals surface area contributed by atoms with Gasteiger partial charge in [-0.3, -0.25) is 9.36 Å². The minimum Gasteiger partial charge on any atom is -0.294 e. The summed E-state index contributed by atoms with van der Waals surface area (Å²) in [6.07, 6.45) is 1.53. The highest BCUT2D eigenvalue weighted by molar-refractivity contribution is 9.10. The molecule has 5 heteroatoms. The van der Waals surface area contributed by atoms with Gasteiger partial charge in [0.05, 0.1) is 18.6 Å². The summed E-state index contributed by atoms with van der Waals surface area (Å²) >= 11 is 9.28. The first-order valence-corrected chi connectivity index (χ1v) is 6.21. The first kappa shape index (κ1) is 12.3. The SMILES string of the molecule is Cc1ncn(Cc2ccccc2Cl)c(=O)c1Br. The normalized spacial score (nSPS) is 10.5. The van der Waals surface area contributed by atoms with Gasteiger partial charge in [0.15, 0.2) is 0 Å². The second-order valence-corrected chi connectivity index (χ2v) is 4.87. The van der Waals surface area contributed by atoms with Crippen LogP contribution in [0.15, 0.2) is 39.9 Å². The lowest BCUT2D eigenvalue weighted by atomic mass is 10.2. The lowest BCUT2D eigenvalue weighted by Crippen LogP contribution is -2.22. The molecule has 0 unspecified atom stereocenters. The molecule has 0 saturated carbocycles. The molecule has 1 aromatic carbocycles. The minimum absolute atomic E-state index is 0.0996. The first-order chi connectivity index (χ1) is 8.09. The fourth-order valence-corrected chi connectivity index (χ4v) is 1.99. The zero-order chi connectivity index (χ0) is 12.4. The molecular formula is C12H10BrClN2O. The third kappa shape index (κ3) is 2.58. The van der Waals surface area contributed by atoms with E-state index in [4.69, 9.17) is 11.6 Å². The van der Waals surface area contributed by atoms with Crippen LogP contribution in [-0.2, 0) is 6.54 Å². The smallest absolute Gasteiger partial charge is 0.268 e. The van der Waals surface area contributed by atoms with Gasteiger partial charge in [-0.15, -0.1) is 0 Å². The number of hydrogen-bond donors (Lipinski definition) is 0. The Morgan fingerprint density at radius 1 is 1.41 bits per heavy atom. The van der Waals surface area contributed by atoms with Crippen molar-refractivity contribution in [3.8, 4) is 0 Å². The molecule has 0 radical (unpaired) electrons. The Morgan fingerprint density at radius 3 is 2.82 bits per heavy atom. The average molecular weight is 314 g/mol. The fraction of sp³-hybridized carbons (Fsp3) is 0.167. The standard InChI is InChI=1S/C12H10BrClN2O/c1-8-11(13)12(17)16(7-15-8)6-9-4-2-3-5-10(9)14/h2-5,7H,6H2,1H3. The van der Waals surface area contributed by atoms with Crippen LogP contribution in [0.2, 0.25) is 5.02 Å². The Hall–Kier alpha value is -1.13. The molecule has 0 saturated heterocycles. The number of rotatable bonds is 2. The highest BCUT2D eigenvalue weighted by atomic mass is 79.9. The topological polar surface area (TPSA) is 34.9 Å². The van der Waals surface area contributed by atoms with Gasteiger partial charge in [-0.25, -0.2) is 4.98 Å². The van der Waals surface area contributed by atoms with Crippen molar-refractivity contribution in [2.24, 2.45) is 0 Å². The molecule has 0 aliphatic carbocycles. The van der Waals surface area contributed by atoms with Gasteiger partial charge >= 0.3 is 0 Å². The Kier molecular flexibility index (Phi) is 3.64. The van der Waals surface area contributed by atoms with E-state index in [-0.39, 0.29) is 5.56 Å². The number of aromatic nitrogens is 2. The maximum absolute atomic E-state index is 11.9. The minimum atomic E-state index is -0.0996. The lowest BCUT2D eigenvalue weighted by Gasteiger charge is -2.08. The summed E-state index contributed by atoms with van der Waals surface area (Å²) in [6.45, 7) is 2.20. The third-order valence-electron chi connectivity index (χ3n) is 2.46. The molecule has 2 aromatic rings. The van der Waals surface area contributed by atoms with Gasteiger partial charge in [-0.2, -0.15) is 0 Å². The number of nitrogens with zero attached hydrogens (tertiary/aromatic N) is 2. The molecule has 1 aromatic heterocycles. The summed E-state index contributed by atoms with van der Waals surface area (Å²) in [5.41, 5.74) is 1.48. The molecule has 0 fully saturated rings. The van der Waals surface area contributed by atoms with Gasteiger partial charge in [0.25, 0.3) is 5.56 Å². The summed E-state index contributed by atoms with van der Waals surface area (Å²) in [4.78, 5) is 16.1. The van der Waals surface area contributed by atoms with E-state index in [2.05, 4.69) is 20.9 Å². The molecule has 0 N–H and O–H groups in total. The fourth-order valence-electron chi connectivity index (χ4n) is 1.47. The van der Waals surface area contributed by atoms with Crippen LogP contribution in [-0.4, -0.2) is 9.55 Å². The van der Waals surface area contributed by atoms with Crippen LogP contribution < -0.4 is 5.56 Å². The van der Waals surface area contributed by atoms with E-state index < -0.39 is 0 Å². The summed E-state index contributed by atoms with van der Waals surface area (Å²) in [5, 5.41) is 0.649. The zero-order valence-electron chi connectivity index (χ0n) is 9.15. The lowest BCUT2D eigenvalue weighted by molar-refractivity contribution is 0.724. The van der Waals surface area contributed by atoms with Crippen molar-refractivity contribution in [2.75, 3.05) is 0 Å². The molecule has 0 amide bonds. The van der Waals surface area contributed by atoms with Gasteiger partial charge in [0, 0.05) is 5.02 Å². The van der Waals surface area contributed by atoms with E-state index in [1.54, 1.807) is 13.0 Å². The molecular weight excluding hydrogens is 304 g/mol. The Balaban J connectivity index is 2.41. The molecule has 0 spiro atoms. The van der Waals surface area contributed by atoms with Crippen LogP contribution in [0.1, 0.15) is 11.3 Å². The van der Waals surface area contributed by atoms with E-state index >= 15 is 0 Å². The third-order valence-corrected chi connectivity index (χ3v) is 3.74. The monoisotopic (exact) mass is 312 g/mol. The van der Waals surface area contributed by atoms with Crippen LogP contribution in [0.3, 0.4) is 0 Å². The molecule has 0 atom stereocenters. The molecule has 1 heterocycles. The maximum Gasteiger partial charge on any atom is 0.268 e. The van der Waals surface area contributed by atoms with Crippen LogP contribution in [0.5, 0.6) is 0 Å². The molecule has 0 aliphatic heterocycles. The van der Waals surface area contributed by atoms with E-state index in [1.165, 1.54) is 10.9 Å². The average Bonchev–Trinajstić information content (AvgIpc) is 2.32. The molecule has 0 bridgehead atoms. The van der Waals surface area contributed by atoms with Crippen molar-refractivity contribution in [1.82, 2.24) is 9.55 Å². The van der Waals surface area contributed by atoms with Gasteiger partial charge in [-0.05, 0) is 34.5 Å². The van der Waals surface area contributed by atoms with Crippen molar-refractivity contribution in [3.05, 3.63) is 61.7 Å². The van der Waals surface area contributed by atoms with Crippen molar-refractivity contribution in [2.45, 2.75) is 13.5 Å². The number of halogens is 2. The van der Waals surface area contributed by atoms with Crippen molar-refractivity contribution in [1.29, 1.82) is 0 Å². The van der Waals surface area contributed by atoms with E-state index in [0.29, 0.717) is 21.7 Å². The van der Waals surface area contributed by atoms with Crippen molar-refractivity contribution < 1.29 is 0 Å². The van der Waals surface area contributed by atoms with Crippen LogP contribution in [0, 0.1) is 6.92 Å². The number of aryl methyl sites for hydroxylation is 1. The predicted molar refractivity (Wildman–Crippen MR) is 71.5 cm³/mol. The summed E-state index contributed by atoms with van der Waals surface area (Å²) in [5.74, 6) is 0. The largest absolute Gasteiger partial charge is 0.294 e. The maximum atomic E-state index is 11.9. The van der Waals surface area contributed by atoms with E-state index in [0.717, 1.165) is 5.56 Å². The van der Waals surface area contributed by atoms with E-state index in [9.17, 15) is 4.79 Å². The highest BCUT2D eigenvalue weighted by Crippen LogP contribution is 2.16. The van der Waals surface area contributed by atoms with Crippen LogP contribution in [0.4, 0.5) is 0 Å². The Bertz CT molecular complexity index is 610. The van der Waals surface area contributed by atoms with Crippen LogP contribution >= 0.6 is 27.5 Å². The van der Waals surface area contributed by atoms with Gasteiger partial charge in [0.2, 0.25) is 0 Å². The Morgan fingerprint density at radius 2 is 2.12 bits per heavy atom. The van der Waals surface area contributed by atoms with Gasteiger partial charge in [-0.1, -0.05) is 29.8 Å². The zero-order valence-corrected chi connectivity index (χ0v) is 11.5. The number of benzene rings is 1. The van der Waals surface area contributed by atoms with E-state index in [1.807, 2.05) is 18.2 Å². The highest BCUT2D eigenvalue weighted by Gasteiger charge is 2.07. The summed E-state index contributed by atoms with van der Waals surface area (Å²) in [7, 11) is 0. The second-order valence-electron chi connectivity index (χ2n) is 3.67. The van der Waals surface area contributed by atoms with Crippen molar-refractivity contribution >= 4 is 27.5 Å². The van der Waals surface area contributed by atoms with Crippen LogP contribution in [0.25, 0.3) is 0 Å². The Labute approximate surface area is 112 Å². The van der Waals surface area contributed by atoms with Gasteiger partial charge in [0.1, 0.15) is 4.47 Å². The van der Waals surface area contributed by atoms with Crippen molar-refractivity contribution in [3.63, 3.8) is 0 Å². The molecule has 2 rings (SSSR count). The molecule has 17 heavy (non-hydrogen) atoms. The molecule has 0 aliphatic rings. The quantitative estimate of drug-likeness (QED) is 0.854. The summed E-state index contributed by atoms with van der Waals surface area (Å²) < 4.78 is 2.02. The summed E-state index contributed by atoms with van der Waals surface area (Å²) in [6, 6.07) is 7.45. The predicted octanol–water partition coefficient (Wildman–Crippen LogP) is 3.02.